The van der Waals surface area contributed by atoms with Gasteiger partial charge >= 0.3 is 0 Å². The number of nitrogens with one attached hydrogen (secondary N) is 1. The van der Waals surface area contributed by atoms with Crippen molar-refractivity contribution in [1.82, 2.24) is 10.3 Å². The number of carbonyl (C=O) groups excluding carboxylic acids is 1. The minimum atomic E-state index is -0.809. The molecule has 0 fully saturated rings. The fourth-order valence-electron chi connectivity index (χ4n) is 2.05. The van der Waals surface area contributed by atoms with Crippen LogP contribution < -0.4 is 10.1 Å². The van der Waals surface area contributed by atoms with Crippen LogP contribution in [0.4, 0.5) is 10.2 Å². The van der Waals surface area contributed by atoms with E-state index in [4.69, 9.17) is 9.37 Å². The van der Waals surface area contributed by atoms with Crippen LogP contribution in [-0.4, -0.2) is 22.3 Å². The van der Waals surface area contributed by atoms with Crippen molar-refractivity contribution in [3.8, 4) is 17.0 Å². The van der Waals surface area contributed by atoms with E-state index in [1.807, 2.05) is 30.3 Å². The number of hydrogen-bond donors (Lipinski definition) is 1. The quantitative estimate of drug-likeness (QED) is 0.778. The smallest absolute Gasteiger partial charge is 0.266 e. The third kappa shape index (κ3) is 3.57. The van der Waals surface area contributed by atoms with E-state index in [0.29, 0.717) is 11.4 Å². The first-order chi connectivity index (χ1) is 11.6. The monoisotopic (exact) mass is 327 g/mol. The fourth-order valence-corrected chi connectivity index (χ4v) is 2.05. The van der Waals surface area contributed by atoms with Crippen molar-refractivity contribution in [2.45, 2.75) is 13.0 Å². The van der Waals surface area contributed by atoms with E-state index in [1.165, 1.54) is 24.3 Å². The molecule has 7 heteroatoms. The molecule has 0 saturated heterocycles. The van der Waals surface area contributed by atoms with Gasteiger partial charge < -0.3 is 10.1 Å². The molecule has 3 rings (SSSR count). The first-order valence-electron chi connectivity index (χ1n) is 7.24. The molecular weight excluding hydrogens is 313 g/mol. The third-order valence-corrected chi connectivity index (χ3v) is 3.27. The Labute approximate surface area is 137 Å². The van der Waals surface area contributed by atoms with Crippen molar-refractivity contribution in [3.05, 3.63) is 60.4 Å². The lowest BCUT2D eigenvalue weighted by molar-refractivity contribution is -0.122. The lowest BCUT2D eigenvalue weighted by Gasteiger charge is -2.13. The van der Waals surface area contributed by atoms with Crippen LogP contribution in [0.15, 0.2) is 59.2 Å². The molecule has 0 spiro atoms. The van der Waals surface area contributed by atoms with Crippen molar-refractivity contribution >= 4 is 11.7 Å². The summed E-state index contributed by atoms with van der Waals surface area (Å²) in [5.41, 5.74) is 1.19. The average molecular weight is 327 g/mol. The van der Waals surface area contributed by atoms with Gasteiger partial charge in [0.1, 0.15) is 11.6 Å². The Kier molecular flexibility index (Phi) is 4.51. The molecule has 24 heavy (non-hydrogen) atoms. The number of amides is 1. The van der Waals surface area contributed by atoms with Crippen LogP contribution in [0.5, 0.6) is 5.75 Å². The zero-order chi connectivity index (χ0) is 16.9. The highest BCUT2D eigenvalue weighted by molar-refractivity contribution is 5.95. The molecule has 1 atom stereocenters. The highest BCUT2D eigenvalue weighted by atomic mass is 19.1. The van der Waals surface area contributed by atoms with Gasteiger partial charge in [0.15, 0.2) is 11.8 Å². The molecule has 1 N–H and O–H groups in total. The van der Waals surface area contributed by atoms with Crippen molar-refractivity contribution in [1.29, 1.82) is 0 Å². The van der Waals surface area contributed by atoms with Crippen molar-refractivity contribution in [2.75, 3.05) is 5.32 Å². The molecule has 6 nitrogen and oxygen atoms in total. The third-order valence-electron chi connectivity index (χ3n) is 3.27. The van der Waals surface area contributed by atoms with E-state index in [1.54, 1.807) is 6.92 Å². The first kappa shape index (κ1) is 15.7. The van der Waals surface area contributed by atoms with E-state index >= 15 is 0 Å². The maximum absolute atomic E-state index is 12.9. The molecule has 1 amide bonds. The van der Waals surface area contributed by atoms with Gasteiger partial charge in [-0.2, -0.15) is 0 Å². The first-order valence-corrected chi connectivity index (χ1v) is 7.24. The summed E-state index contributed by atoms with van der Waals surface area (Å²) in [6.45, 7) is 1.58. The molecule has 0 aliphatic rings. The molecule has 0 saturated carbocycles. The van der Waals surface area contributed by atoms with Crippen LogP contribution >= 0.6 is 0 Å². The van der Waals surface area contributed by atoms with Crippen molar-refractivity contribution < 1.29 is 18.6 Å². The molecule has 2 aromatic carbocycles. The molecular formula is C17H14FN3O3. The summed E-state index contributed by atoms with van der Waals surface area (Å²) in [4.78, 5) is 12.2. The summed E-state index contributed by atoms with van der Waals surface area (Å²) in [6.07, 6.45) is -0.809. The molecule has 0 radical (unpaired) electrons. The maximum Gasteiger partial charge on any atom is 0.266 e. The minimum absolute atomic E-state index is 0.209. The van der Waals surface area contributed by atoms with E-state index in [0.717, 1.165) is 5.56 Å². The molecule has 0 bridgehead atoms. The fraction of sp³-hybridized carbons (Fsp3) is 0.118. The molecule has 1 heterocycles. The number of carbonyl (C=O) groups is 1. The number of aromatic nitrogens is 2. The largest absolute Gasteiger partial charge is 0.481 e. The minimum Gasteiger partial charge on any atom is -0.481 e. The Morgan fingerprint density at radius 3 is 2.54 bits per heavy atom. The Morgan fingerprint density at radius 1 is 1.12 bits per heavy atom. The Balaban J connectivity index is 1.69. The maximum atomic E-state index is 12.9. The standard InChI is InChI=1S/C17H14FN3O3/c1-11(23-14-9-7-13(18)8-10-14)17(22)19-16-15(20-24-21-16)12-5-3-2-4-6-12/h2-11H,1H3,(H,19,21,22)/t11-/m0/s1. The van der Waals surface area contributed by atoms with Gasteiger partial charge in [-0.15, -0.1) is 0 Å². The molecule has 0 aliphatic carbocycles. The number of halogens is 1. The van der Waals surface area contributed by atoms with Crippen LogP contribution in [0, 0.1) is 5.82 Å². The van der Waals surface area contributed by atoms with Crippen molar-refractivity contribution in [2.24, 2.45) is 0 Å². The second-order valence-corrected chi connectivity index (χ2v) is 5.03. The second kappa shape index (κ2) is 6.91. The summed E-state index contributed by atoms with van der Waals surface area (Å²) in [6, 6.07) is 14.6. The Hall–Kier alpha value is -3.22. The topological polar surface area (TPSA) is 77.2 Å². The summed E-state index contributed by atoms with van der Waals surface area (Å²) >= 11 is 0. The summed E-state index contributed by atoms with van der Waals surface area (Å²) in [7, 11) is 0. The van der Waals surface area contributed by atoms with E-state index in [-0.39, 0.29) is 11.6 Å². The zero-order valence-electron chi connectivity index (χ0n) is 12.8. The van der Waals surface area contributed by atoms with Crippen LogP contribution in [-0.2, 0) is 4.79 Å². The number of nitrogens with zero attached hydrogens (tertiary/aromatic N) is 2. The van der Waals surface area contributed by atoms with Crippen LogP contribution in [0.25, 0.3) is 11.3 Å². The second-order valence-electron chi connectivity index (χ2n) is 5.03. The number of ether oxygens (including phenoxy) is 1. The Morgan fingerprint density at radius 2 is 1.83 bits per heavy atom. The normalized spacial score (nSPS) is 11.8. The Bertz CT molecular complexity index is 819. The van der Waals surface area contributed by atoms with E-state index < -0.39 is 12.0 Å². The lowest BCUT2D eigenvalue weighted by Crippen LogP contribution is -2.30. The van der Waals surface area contributed by atoms with Crippen LogP contribution in [0.1, 0.15) is 6.92 Å². The lowest BCUT2D eigenvalue weighted by atomic mass is 10.1. The molecule has 122 valence electrons. The highest BCUT2D eigenvalue weighted by Gasteiger charge is 2.20. The van der Waals surface area contributed by atoms with Gasteiger partial charge in [0.05, 0.1) is 0 Å². The van der Waals surface area contributed by atoms with Gasteiger partial charge in [0, 0.05) is 5.56 Å². The molecule has 0 unspecified atom stereocenters. The number of benzene rings is 2. The van der Waals surface area contributed by atoms with Gasteiger partial charge in [0.2, 0.25) is 5.82 Å². The molecule has 1 aromatic heterocycles. The predicted octanol–water partition coefficient (Wildman–Crippen LogP) is 3.28. The van der Waals surface area contributed by atoms with Crippen LogP contribution in [0.3, 0.4) is 0 Å². The van der Waals surface area contributed by atoms with Gasteiger partial charge in [-0.3, -0.25) is 4.79 Å². The molecule has 0 aliphatic heterocycles. The van der Waals surface area contributed by atoms with Gasteiger partial charge in [-0.1, -0.05) is 30.3 Å². The van der Waals surface area contributed by atoms with Gasteiger partial charge in [0.25, 0.3) is 5.91 Å². The number of rotatable bonds is 5. The van der Waals surface area contributed by atoms with Crippen LogP contribution in [0.2, 0.25) is 0 Å². The average Bonchev–Trinajstić information content (AvgIpc) is 3.05. The SMILES string of the molecule is C[C@H](Oc1ccc(F)cc1)C(=O)Nc1nonc1-c1ccccc1. The van der Waals surface area contributed by atoms with Gasteiger partial charge in [-0.05, 0) is 41.5 Å². The summed E-state index contributed by atoms with van der Waals surface area (Å²) < 4.78 is 23.1. The summed E-state index contributed by atoms with van der Waals surface area (Å²) in [5, 5.41) is 10.1. The zero-order valence-corrected chi connectivity index (χ0v) is 12.8. The number of hydrogen-bond acceptors (Lipinski definition) is 5. The number of anilines is 1. The van der Waals surface area contributed by atoms with Gasteiger partial charge in [-0.25, -0.2) is 9.02 Å². The van der Waals surface area contributed by atoms with Crippen molar-refractivity contribution in [3.63, 3.8) is 0 Å². The predicted molar refractivity (Wildman–Crippen MR) is 84.9 cm³/mol. The highest BCUT2D eigenvalue weighted by Crippen LogP contribution is 2.24. The molecule has 3 aromatic rings. The van der Waals surface area contributed by atoms with E-state index in [9.17, 15) is 9.18 Å². The van der Waals surface area contributed by atoms with E-state index in [2.05, 4.69) is 15.6 Å². The summed E-state index contributed by atoms with van der Waals surface area (Å²) in [5.74, 6) is -0.200.